The smallest absolute Gasteiger partial charge is 0.178 e. The molecule has 1 aromatic carbocycles. The molecule has 1 heterocycles. The van der Waals surface area contributed by atoms with E-state index in [2.05, 4.69) is 19.1 Å². The van der Waals surface area contributed by atoms with Gasteiger partial charge in [0.25, 0.3) is 0 Å². The highest BCUT2D eigenvalue weighted by atomic mass is 16.5. The van der Waals surface area contributed by atoms with E-state index in [-0.39, 0.29) is 12.4 Å². The van der Waals surface area contributed by atoms with Gasteiger partial charge in [-0.25, -0.2) is 0 Å². The minimum absolute atomic E-state index is 0.0839. The van der Waals surface area contributed by atoms with Crippen LogP contribution in [0.4, 0.5) is 0 Å². The Labute approximate surface area is 94.6 Å². The van der Waals surface area contributed by atoms with Gasteiger partial charge in [0.2, 0.25) is 0 Å². The lowest BCUT2D eigenvalue weighted by Crippen LogP contribution is -2.14. The van der Waals surface area contributed by atoms with Gasteiger partial charge in [0.05, 0.1) is 6.54 Å². The van der Waals surface area contributed by atoms with Gasteiger partial charge >= 0.3 is 0 Å². The van der Waals surface area contributed by atoms with E-state index in [0.717, 1.165) is 5.52 Å². The van der Waals surface area contributed by atoms with Crippen molar-refractivity contribution in [3.05, 3.63) is 36.0 Å². The molecule has 0 saturated heterocycles. The van der Waals surface area contributed by atoms with Gasteiger partial charge in [-0.15, -0.1) is 0 Å². The minimum Gasteiger partial charge on any atom is -0.377 e. The zero-order valence-electron chi connectivity index (χ0n) is 9.56. The van der Waals surface area contributed by atoms with Crippen molar-refractivity contribution in [3.63, 3.8) is 0 Å². The summed E-state index contributed by atoms with van der Waals surface area (Å²) < 4.78 is 6.78. The van der Waals surface area contributed by atoms with Crippen LogP contribution in [0.25, 0.3) is 10.9 Å². The predicted octanol–water partition coefficient (Wildman–Crippen LogP) is 2.17. The molecule has 3 heteroatoms. The number of methoxy groups -OCH3 is 1. The molecule has 0 spiro atoms. The van der Waals surface area contributed by atoms with E-state index in [9.17, 15) is 4.79 Å². The number of carbonyl (C=O) groups is 1. The van der Waals surface area contributed by atoms with Gasteiger partial charge < -0.3 is 9.30 Å². The van der Waals surface area contributed by atoms with E-state index in [1.807, 2.05) is 22.9 Å². The highest BCUT2D eigenvalue weighted by molar-refractivity contribution is 5.85. The van der Waals surface area contributed by atoms with Gasteiger partial charge in [-0.2, -0.15) is 0 Å². The third kappa shape index (κ3) is 2.14. The molecule has 0 aliphatic carbocycles. The van der Waals surface area contributed by atoms with Crippen LogP contribution in [0.3, 0.4) is 0 Å². The molecule has 3 nitrogen and oxygen atoms in total. The molecule has 2 aromatic rings. The van der Waals surface area contributed by atoms with Crippen LogP contribution in [-0.2, 0) is 16.1 Å². The second-order valence-corrected chi connectivity index (χ2v) is 3.98. The van der Waals surface area contributed by atoms with E-state index in [0.29, 0.717) is 6.54 Å². The van der Waals surface area contributed by atoms with E-state index in [1.165, 1.54) is 18.1 Å². The number of hydrogen-bond acceptors (Lipinski definition) is 2. The molecule has 84 valence electrons. The Morgan fingerprint density at radius 2 is 2.19 bits per heavy atom. The van der Waals surface area contributed by atoms with Gasteiger partial charge in [-0.1, -0.05) is 11.6 Å². The van der Waals surface area contributed by atoms with E-state index in [1.54, 1.807) is 0 Å². The Morgan fingerprint density at radius 1 is 1.38 bits per heavy atom. The molecule has 1 aromatic heterocycles. The zero-order chi connectivity index (χ0) is 11.5. The first-order valence-corrected chi connectivity index (χ1v) is 5.27. The average molecular weight is 217 g/mol. The Balaban J connectivity index is 2.28. The second kappa shape index (κ2) is 4.49. The van der Waals surface area contributed by atoms with Gasteiger partial charge in [0, 0.05) is 18.8 Å². The molecule has 0 radical (unpaired) electrons. The van der Waals surface area contributed by atoms with Crippen LogP contribution in [0, 0.1) is 6.92 Å². The number of Topliss-reactive ketones (excluding diaryl/α,β-unsaturated/α-hetero) is 1. The van der Waals surface area contributed by atoms with Crippen molar-refractivity contribution < 1.29 is 9.53 Å². The van der Waals surface area contributed by atoms with Crippen LogP contribution < -0.4 is 0 Å². The van der Waals surface area contributed by atoms with Crippen molar-refractivity contribution in [2.24, 2.45) is 0 Å². The van der Waals surface area contributed by atoms with Crippen LogP contribution >= 0.6 is 0 Å². The number of benzene rings is 1. The van der Waals surface area contributed by atoms with Crippen molar-refractivity contribution in [1.82, 2.24) is 4.57 Å². The molecule has 2 rings (SSSR count). The van der Waals surface area contributed by atoms with E-state index in [4.69, 9.17) is 4.74 Å². The zero-order valence-corrected chi connectivity index (χ0v) is 9.56. The Hall–Kier alpha value is -1.61. The van der Waals surface area contributed by atoms with Crippen molar-refractivity contribution in [3.8, 4) is 0 Å². The fourth-order valence-corrected chi connectivity index (χ4v) is 1.85. The summed E-state index contributed by atoms with van der Waals surface area (Å²) in [6.45, 7) is 2.61. The van der Waals surface area contributed by atoms with Crippen LogP contribution in [0.5, 0.6) is 0 Å². The highest BCUT2D eigenvalue weighted by Crippen LogP contribution is 2.17. The Morgan fingerprint density at radius 3 is 2.94 bits per heavy atom. The van der Waals surface area contributed by atoms with Gasteiger partial charge in [-0.3, -0.25) is 4.79 Å². The minimum atomic E-state index is 0.0839. The summed E-state index contributed by atoms with van der Waals surface area (Å²) in [6.07, 6.45) is 1.94. The quantitative estimate of drug-likeness (QED) is 0.786. The van der Waals surface area contributed by atoms with Crippen molar-refractivity contribution >= 4 is 16.7 Å². The number of rotatable bonds is 4. The lowest BCUT2D eigenvalue weighted by Gasteiger charge is -2.04. The molecular formula is C13H15NO2. The summed E-state index contributed by atoms with van der Waals surface area (Å²) in [5.41, 5.74) is 2.32. The molecule has 0 unspecified atom stereocenters. The number of ether oxygens (including phenoxy) is 1. The molecule has 16 heavy (non-hydrogen) atoms. The summed E-state index contributed by atoms with van der Waals surface area (Å²) in [5, 5.41) is 1.17. The topological polar surface area (TPSA) is 31.2 Å². The van der Waals surface area contributed by atoms with Gasteiger partial charge in [0.1, 0.15) is 6.61 Å². The van der Waals surface area contributed by atoms with Gasteiger partial charge in [-0.05, 0) is 30.5 Å². The number of nitrogens with zero attached hydrogens (tertiary/aromatic N) is 1. The Bertz CT molecular complexity index is 514. The van der Waals surface area contributed by atoms with Crippen molar-refractivity contribution in [1.29, 1.82) is 0 Å². The summed E-state index contributed by atoms with van der Waals surface area (Å²) >= 11 is 0. The number of ketones is 1. The first-order chi connectivity index (χ1) is 7.70. The standard InChI is InChI=1S/C13H15NO2/c1-10-3-4-13-11(7-10)5-6-14(13)8-12(15)9-16-2/h3-7H,8-9H2,1-2H3. The number of aromatic nitrogens is 1. The number of hydrogen-bond donors (Lipinski definition) is 0. The Kier molecular flexibility index (Phi) is 3.06. The second-order valence-electron chi connectivity index (χ2n) is 3.98. The van der Waals surface area contributed by atoms with Crippen LogP contribution in [0.15, 0.2) is 30.5 Å². The predicted molar refractivity (Wildman–Crippen MR) is 63.6 cm³/mol. The third-order valence-electron chi connectivity index (χ3n) is 2.58. The summed E-state index contributed by atoms with van der Waals surface area (Å²) in [7, 11) is 1.54. The molecule has 0 atom stereocenters. The summed E-state index contributed by atoms with van der Waals surface area (Å²) in [5.74, 6) is 0.0839. The molecular weight excluding hydrogens is 202 g/mol. The van der Waals surface area contributed by atoms with Crippen molar-refractivity contribution in [2.45, 2.75) is 13.5 Å². The molecule has 0 saturated carbocycles. The SMILES string of the molecule is COCC(=O)Cn1ccc2cc(C)ccc21. The van der Waals surface area contributed by atoms with Gasteiger partial charge in [0.15, 0.2) is 5.78 Å². The first-order valence-electron chi connectivity index (χ1n) is 5.27. The number of fused-ring (bicyclic) bond motifs is 1. The molecule has 0 N–H and O–H groups in total. The monoisotopic (exact) mass is 217 g/mol. The molecule has 0 bridgehead atoms. The van der Waals surface area contributed by atoms with E-state index >= 15 is 0 Å². The summed E-state index contributed by atoms with van der Waals surface area (Å²) in [4.78, 5) is 11.5. The average Bonchev–Trinajstić information content (AvgIpc) is 2.61. The fraction of sp³-hybridized carbons (Fsp3) is 0.308. The maximum atomic E-state index is 11.5. The largest absolute Gasteiger partial charge is 0.377 e. The molecule has 0 fully saturated rings. The van der Waals surface area contributed by atoms with Crippen molar-refractivity contribution in [2.75, 3.05) is 13.7 Å². The molecule has 0 amide bonds. The number of aryl methyl sites for hydroxylation is 1. The van der Waals surface area contributed by atoms with Crippen LogP contribution in [-0.4, -0.2) is 24.1 Å². The van der Waals surface area contributed by atoms with E-state index < -0.39 is 0 Å². The summed E-state index contributed by atoms with van der Waals surface area (Å²) in [6, 6.07) is 8.25. The lowest BCUT2D eigenvalue weighted by atomic mass is 10.2. The van der Waals surface area contributed by atoms with Crippen LogP contribution in [0.2, 0.25) is 0 Å². The molecule has 0 aliphatic rings. The fourth-order valence-electron chi connectivity index (χ4n) is 1.85. The molecule has 0 aliphatic heterocycles. The normalized spacial score (nSPS) is 10.9. The third-order valence-corrected chi connectivity index (χ3v) is 2.58. The maximum absolute atomic E-state index is 11.5. The maximum Gasteiger partial charge on any atom is 0.178 e. The highest BCUT2D eigenvalue weighted by Gasteiger charge is 2.05. The first kappa shape index (κ1) is 10.9. The lowest BCUT2D eigenvalue weighted by molar-refractivity contribution is -0.123. The number of carbonyl (C=O) groups excluding carboxylic acids is 1. The van der Waals surface area contributed by atoms with Crippen LogP contribution in [0.1, 0.15) is 5.56 Å².